The lowest BCUT2D eigenvalue weighted by molar-refractivity contribution is 0.0734. The highest BCUT2D eigenvalue weighted by atomic mass is 16.5. The van der Waals surface area contributed by atoms with E-state index in [0.717, 1.165) is 24.3 Å². The zero-order valence-electron chi connectivity index (χ0n) is 20.6. The second kappa shape index (κ2) is 12.6. The lowest BCUT2D eigenvalue weighted by Gasteiger charge is -2.29. The van der Waals surface area contributed by atoms with Crippen LogP contribution in [-0.2, 0) is 6.42 Å². The van der Waals surface area contributed by atoms with E-state index in [0.29, 0.717) is 28.7 Å². The summed E-state index contributed by atoms with van der Waals surface area (Å²) in [5, 5.41) is 9.52. The summed E-state index contributed by atoms with van der Waals surface area (Å²) in [6.45, 7) is 6.64. The molecule has 0 radical (unpaired) electrons. The van der Waals surface area contributed by atoms with E-state index in [1.807, 2.05) is 24.3 Å². The number of nitrogens with zero attached hydrogens (tertiary/aromatic N) is 1. The molecular formula is C30H39NO2. The summed E-state index contributed by atoms with van der Waals surface area (Å²) in [5.74, 6) is 2.03. The monoisotopic (exact) mass is 445 g/mol. The number of hydrogen-bond acceptors (Lipinski definition) is 3. The van der Waals surface area contributed by atoms with Crippen LogP contribution in [0.5, 0.6) is 5.75 Å². The largest absolute Gasteiger partial charge is 0.422 e. The van der Waals surface area contributed by atoms with E-state index >= 15 is 0 Å². The fraction of sp³-hybridized carbons (Fsp3) is 0.533. The van der Waals surface area contributed by atoms with Crippen molar-refractivity contribution in [3.63, 3.8) is 0 Å². The molecule has 1 aliphatic carbocycles. The zero-order chi connectivity index (χ0) is 23.6. The molecule has 3 nitrogen and oxygen atoms in total. The summed E-state index contributed by atoms with van der Waals surface area (Å²) in [6.07, 6.45) is 12.5. The van der Waals surface area contributed by atoms with Crippen molar-refractivity contribution in [3.05, 3.63) is 64.7 Å². The minimum Gasteiger partial charge on any atom is -0.422 e. The van der Waals surface area contributed by atoms with Crippen LogP contribution in [0.1, 0.15) is 112 Å². The smallest absolute Gasteiger partial charge is 0.343 e. The molecule has 0 N–H and O–H groups in total. The van der Waals surface area contributed by atoms with E-state index in [4.69, 9.17) is 4.74 Å². The number of benzene rings is 2. The molecule has 33 heavy (non-hydrogen) atoms. The second-order valence-corrected chi connectivity index (χ2v) is 10.1. The molecule has 2 aromatic carbocycles. The van der Waals surface area contributed by atoms with E-state index in [1.54, 1.807) is 6.07 Å². The van der Waals surface area contributed by atoms with Gasteiger partial charge < -0.3 is 4.74 Å². The van der Waals surface area contributed by atoms with Crippen LogP contribution in [0.2, 0.25) is 0 Å². The summed E-state index contributed by atoms with van der Waals surface area (Å²) in [7, 11) is 0. The van der Waals surface area contributed by atoms with Crippen molar-refractivity contribution in [3.8, 4) is 11.8 Å². The third-order valence-electron chi connectivity index (χ3n) is 7.06. The van der Waals surface area contributed by atoms with Gasteiger partial charge in [0.05, 0.1) is 11.1 Å². The Morgan fingerprint density at radius 3 is 2.42 bits per heavy atom. The maximum absolute atomic E-state index is 12.7. The summed E-state index contributed by atoms with van der Waals surface area (Å²) < 4.78 is 5.59. The molecule has 0 bridgehead atoms. The highest BCUT2D eigenvalue weighted by Gasteiger charge is 2.22. The zero-order valence-corrected chi connectivity index (χ0v) is 20.6. The standard InChI is InChI=1S/C30H39NO2/c1-4-5-6-7-23-10-13-25(14-11-23)26-15-17-27(18-16-26)30(32)33-29-19-12-24(9-8-22(2)3)20-28(29)21-31/h12,15-20,22-23,25H,4-11,13-14H2,1-3H3. The van der Waals surface area contributed by atoms with Crippen LogP contribution in [0.25, 0.3) is 0 Å². The van der Waals surface area contributed by atoms with Crippen molar-refractivity contribution < 1.29 is 9.53 Å². The number of carbonyl (C=O) groups excluding carboxylic acids is 1. The highest BCUT2D eigenvalue weighted by Crippen LogP contribution is 2.37. The first-order chi connectivity index (χ1) is 16.0. The lowest BCUT2D eigenvalue weighted by Crippen LogP contribution is -2.14. The van der Waals surface area contributed by atoms with E-state index in [1.165, 1.54) is 56.9 Å². The van der Waals surface area contributed by atoms with Crippen molar-refractivity contribution in [2.75, 3.05) is 0 Å². The molecular weight excluding hydrogens is 406 g/mol. The predicted molar refractivity (Wildman–Crippen MR) is 135 cm³/mol. The predicted octanol–water partition coefficient (Wildman–Crippen LogP) is 8.22. The van der Waals surface area contributed by atoms with Crippen molar-refractivity contribution >= 4 is 5.97 Å². The molecule has 1 saturated carbocycles. The van der Waals surface area contributed by atoms with Gasteiger partial charge >= 0.3 is 5.97 Å². The fourth-order valence-corrected chi connectivity index (χ4v) is 4.88. The molecule has 0 saturated heterocycles. The van der Waals surface area contributed by atoms with Gasteiger partial charge in [-0.3, -0.25) is 0 Å². The molecule has 0 aliphatic heterocycles. The van der Waals surface area contributed by atoms with Crippen LogP contribution >= 0.6 is 0 Å². The van der Waals surface area contributed by atoms with Gasteiger partial charge in [0.15, 0.2) is 0 Å². The summed E-state index contributed by atoms with van der Waals surface area (Å²) >= 11 is 0. The van der Waals surface area contributed by atoms with Gasteiger partial charge in [-0.25, -0.2) is 4.79 Å². The number of unbranched alkanes of at least 4 members (excludes halogenated alkanes) is 2. The average molecular weight is 446 g/mol. The molecule has 1 aliphatic rings. The number of rotatable bonds is 10. The van der Waals surface area contributed by atoms with Gasteiger partial charge in [-0.15, -0.1) is 0 Å². The summed E-state index contributed by atoms with van der Waals surface area (Å²) in [4.78, 5) is 12.7. The van der Waals surface area contributed by atoms with Gasteiger partial charge in [-0.05, 0) is 91.7 Å². The second-order valence-electron chi connectivity index (χ2n) is 10.1. The average Bonchev–Trinajstić information content (AvgIpc) is 2.84. The van der Waals surface area contributed by atoms with Crippen LogP contribution in [0.4, 0.5) is 0 Å². The molecule has 3 heteroatoms. The van der Waals surface area contributed by atoms with Crippen molar-refractivity contribution in [2.24, 2.45) is 11.8 Å². The van der Waals surface area contributed by atoms with E-state index in [9.17, 15) is 10.1 Å². The van der Waals surface area contributed by atoms with Crippen molar-refractivity contribution in [1.82, 2.24) is 0 Å². The number of aryl methyl sites for hydroxylation is 1. The Balaban J connectivity index is 1.56. The molecule has 0 spiro atoms. The lowest BCUT2D eigenvalue weighted by atomic mass is 9.77. The Morgan fingerprint density at radius 2 is 1.79 bits per heavy atom. The molecule has 0 aromatic heterocycles. The molecule has 3 rings (SSSR count). The first-order valence-corrected chi connectivity index (χ1v) is 12.8. The molecule has 0 atom stereocenters. The Labute approximate surface area is 200 Å². The first-order valence-electron chi connectivity index (χ1n) is 12.8. The quantitative estimate of drug-likeness (QED) is 0.210. The van der Waals surface area contributed by atoms with Crippen LogP contribution in [-0.4, -0.2) is 5.97 Å². The fourth-order valence-electron chi connectivity index (χ4n) is 4.88. The van der Waals surface area contributed by atoms with Gasteiger partial charge in [-0.1, -0.05) is 64.7 Å². The number of esters is 1. The van der Waals surface area contributed by atoms with E-state index in [-0.39, 0.29) is 0 Å². The Bertz CT molecular complexity index is 931. The maximum atomic E-state index is 12.7. The minimum atomic E-state index is -0.410. The first kappa shape index (κ1) is 25.0. The molecule has 0 heterocycles. The number of ether oxygens (including phenoxy) is 1. The van der Waals surface area contributed by atoms with Gasteiger partial charge in [0.1, 0.15) is 11.8 Å². The van der Waals surface area contributed by atoms with E-state index in [2.05, 4.69) is 39.0 Å². The summed E-state index contributed by atoms with van der Waals surface area (Å²) in [5.41, 5.74) is 3.37. The summed E-state index contributed by atoms with van der Waals surface area (Å²) in [6, 6.07) is 15.6. The third-order valence-corrected chi connectivity index (χ3v) is 7.06. The molecule has 2 aromatic rings. The van der Waals surface area contributed by atoms with Gasteiger partial charge in [0.2, 0.25) is 0 Å². The van der Waals surface area contributed by atoms with Crippen molar-refractivity contribution in [2.45, 2.75) is 90.9 Å². The Kier molecular flexibility index (Phi) is 9.55. The van der Waals surface area contributed by atoms with Crippen LogP contribution in [0.15, 0.2) is 42.5 Å². The van der Waals surface area contributed by atoms with Gasteiger partial charge in [0.25, 0.3) is 0 Å². The highest BCUT2D eigenvalue weighted by molar-refractivity contribution is 5.91. The van der Waals surface area contributed by atoms with E-state index < -0.39 is 5.97 Å². The van der Waals surface area contributed by atoms with Crippen LogP contribution in [0, 0.1) is 23.2 Å². The van der Waals surface area contributed by atoms with Crippen LogP contribution < -0.4 is 4.74 Å². The topological polar surface area (TPSA) is 50.1 Å². The van der Waals surface area contributed by atoms with Gasteiger partial charge in [0, 0.05) is 0 Å². The minimum absolute atomic E-state index is 0.335. The van der Waals surface area contributed by atoms with Crippen molar-refractivity contribution in [1.29, 1.82) is 5.26 Å². The molecule has 0 unspecified atom stereocenters. The number of carbonyl (C=O) groups is 1. The Morgan fingerprint density at radius 1 is 1.06 bits per heavy atom. The molecule has 0 amide bonds. The Hall–Kier alpha value is -2.60. The van der Waals surface area contributed by atoms with Gasteiger partial charge in [-0.2, -0.15) is 5.26 Å². The number of hydrogen-bond donors (Lipinski definition) is 0. The number of nitriles is 1. The normalized spacial score (nSPS) is 18.2. The molecule has 176 valence electrons. The maximum Gasteiger partial charge on any atom is 0.343 e. The third kappa shape index (κ3) is 7.46. The molecule has 1 fully saturated rings. The SMILES string of the molecule is CCCCCC1CCC(c2ccc(C(=O)Oc3ccc(CCC(C)C)cc3C#N)cc2)CC1. The van der Waals surface area contributed by atoms with Crippen LogP contribution in [0.3, 0.4) is 0 Å².